The first kappa shape index (κ1) is 15.0. The first-order chi connectivity index (χ1) is 9.51. The molecule has 1 aromatic carbocycles. The number of ether oxygens (including phenoxy) is 1. The third-order valence-corrected chi connectivity index (χ3v) is 4.04. The zero-order valence-corrected chi connectivity index (χ0v) is 12.4. The van der Waals surface area contributed by atoms with Crippen LogP contribution in [0.2, 0.25) is 0 Å². The lowest BCUT2D eigenvalue weighted by atomic mass is 9.97. The molecule has 110 valence electrons. The van der Waals surface area contributed by atoms with Gasteiger partial charge in [-0.2, -0.15) is 0 Å². The smallest absolute Gasteiger partial charge is 0.323 e. The Morgan fingerprint density at radius 1 is 1.45 bits per heavy atom. The van der Waals surface area contributed by atoms with E-state index in [0.717, 1.165) is 6.54 Å². The lowest BCUT2D eigenvalue weighted by Gasteiger charge is -2.36. The van der Waals surface area contributed by atoms with E-state index in [1.807, 2.05) is 0 Å². The molecule has 1 heterocycles. The van der Waals surface area contributed by atoms with Gasteiger partial charge in [0.1, 0.15) is 6.04 Å². The summed E-state index contributed by atoms with van der Waals surface area (Å²) in [5.41, 5.74) is 3.68. The maximum absolute atomic E-state index is 11.9. The molecule has 0 aromatic heterocycles. The Morgan fingerprint density at radius 3 is 2.90 bits per heavy atom. The van der Waals surface area contributed by atoms with Gasteiger partial charge in [0.2, 0.25) is 0 Å². The number of carbonyl (C=O) groups is 1. The number of aliphatic hydroxyl groups is 1. The molecule has 1 N–H and O–H groups in total. The van der Waals surface area contributed by atoms with Gasteiger partial charge in [-0.25, -0.2) is 0 Å². The number of likely N-dealkylation sites (tertiary alicyclic amines) is 1. The quantitative estimate of drug-likeness (QED) is 0.856. The summed E-state index contributed by atoms with van der Waals surface area (Å²) in [6, 6.07) is 6.02. The summed E-state index contributed by atoms with van der Waals surface area (Å²) in [5, 5.41) is 9.77. The van der Waals surface area contributed by atoms with Crippen molar-refractivity contribution in [2.75, 3.05) is 13.7 Å². The lowest BCUT2D eigenvalue weighted by molar-refractivity contribution is -0.150. The van der Waals surface area contributed by atoms with Crippen molar-refractivity contribution in [1.29, 1.82) is 0 Å². The van der Waals surface area contributed by atoms with E-state index in [2.05, 4.69) is 36.9 Å². The number of nitrogens with zero attached hydrogens (tertiary/aromatic N) is 1. The van der Waals surface area contributed by atoms with Crippen LogP contribution in [0.3, 0.4) is 0 Å². The average molecular weight is 277 g/mol. The van der Waals surface area contributed by atoms with E-state index in [9.17, 15) is 9.90 Å². The molecule has 0 amide bonds. The van der Waals surface area contributed by atoms with Crippen LogP contribution in [-0.4, -0.2) is 41.8 Å². The molecule has 0 radical (unpaired) electrons. The molecule has 0 spiro atoms. The molecule has 1 aliphatic rings. The Bertz CT molecular complexity index is 487. The highest BCUT2D eigenvalue weighted by Gasteiger charge is 2.33. The van der Waals surface area contributed by atoms with E-state index >= 15 is 0 Å². The van der Waals surface area contributed by atoms with Crippen molar-refractivity contribution >= 4 is 5.97 Å². The fourth-order valence-electron chi connectivity index (χ4n) is 2.76. The second-order valence-electron chi connectivity index (χ2n) is 5.62. The Kier molecular flexibility index (Phi) is 4.78. The predicted molar refractivity (Wildman–Crippen MR) is 77.4 cm³/mol. The number of hydrogen-bond donors (Lipinski definition) is 1. The molecule has 0 unspecified atom stereocenters. The van der Waals surface area contributed by atoms with Crippen LogP contribution in [0, 0.1) is 13.8 Å². The van der Waals surface area contributed by atoms with Crippen molar-refractivity contribution in [3.05, 3.63) is 34.9 Å². The molecule has 2 atom stereocenters. The van der Waals surface area contributed by atoms with E-state index in [-0.39, 0.29) is 12.0 Å². The van der Waals surface area contributed by atoms with Gasteiger partial charge >= 0.3 is 5.97 Å². The van der Waals surface area contributed by atoms with Crippen LogP contribution in [0.25, 0.3) is 0 Å². The van der Waals surface area contributed by atoms with E-state index in [0.29, 0.717) is 19.4 Å². The molecule has 1 saturated heterocycles. The van der Waals surface area contributed by atoms with Crippen LogP contribution >= 0.6 is 0 Å². The molecule has 0 aliphatic carbocycles. The highest BCUT2D eigenvalue weighted by Crippen LogP contribution is 2.22. The summed E-state index contributed by atoms with van der Waals surface area (Å²) in [4.78, 5) is 14.0. The summed E-state index contributed by atoms with van der Waals surface area (Å²) < 4.78 is 4.87. The van der Waals surface area contributed by atoms with E-state index in [1.165, 1.54) is 23.8 Å². The summed E-state index contributed by atoms with van der Waals surface area (Å²) in [5.74, 6) is -0.256. The highest BCUT2D eigenvalue weighted by atomic mass is 16.5. The van der Waals surface area contributed by atoms with Gasteiger partial charge in [-0.3, -0.25) is 9.69 Å². The Labute approximate surface area is 120 Å². The first-order valence-corrected chi connectivity index (χ1v) is 7.07. The molecule has 1 aromatic rings. The molecule has 1 aliphatic heterocycles. The molecule has 4 heteroatoms. The molecule has 20 heavy (non-hydrogen) atoms. The van der Waals surface area contributed by atoms with Crippen molar-refractivity contribution in [2.45, 2.75) is 45.4 Å². The van der Waals surface area contributed by atoms with Gasteiger partial charge < -0.3 is 9.84 Å². The number of aryl methyl sites for hydroxylation is 2. The van der Waals surface area contributed by atoms with Gasteiger partial charge in [-0.1, -0.05) is 23.8 Å². The lowest BCUT2D eigenvalue weighted by Crippen LogP contribution is -2.48. The minimum atomic E-state index is -0.408. The van der Waals surface area contributed by atoms with Gasteiger partial charge in [-0.15, -0.1) is 0 Å². The highest BCUT2D eigenvalue weighted by molar-refractivity contribution is 5.75. The number of rotatable bonds is 3. The minimum absolute atomic E-state index is 0.256. The van der Waals surface area contributed by atoms with Crippen molar-refractivity contribution in [1.82, 2.24) is 4.90 Å². The number of benzene rings is 1. The summed E-state index contributed by atoms with van der Waals surface area (Å²) in [7, 11) is 1.40. The van der Waals surface area contributed by atoms with Gasteiger partial charge in [-0.05, 0) is 37.8 Å². The van der Waals surface area contributed by atoms with Crippen LogP contribution in [-0.2, 0) is 16.1 Å². The van der Waals surface area contributed by atoms with Crippen molar-refractivity contribution in [2.24, 2.45) is 0 Å². The van der Waals surface area contributed by atoms with Crippen LogP contribution in [0.1, 0.15) is 29.5 Å². The number of hydrogen-bond acceptors (Lipinski definition) is 4. The fraction of sp³-hybridized carbons (Fsp3) is 0.562. The molecular formula is C16H23NO3. The number of aliphatic hydroxyl groups excluding tert-OH is 1. The van der Waals surface area contributed by atoms with Gasteiger partial charge in [0.15, 0.2) is 0 Å². The van der Waals surface area contributed by atoms with Gasteiger partial charge in [0, 0.05) is 13.1 Å². The number of esters is 1. The van der Waals surface area contributed by atoms with E-state index in [4.69, 9.17) is 4.74 Å². The Morgan fingerprint density at radius 2 is 2.20 bits per heavy atom. The standard InChI is InChI=1S/C16H23NO3/c1-11-4-5-12(2)13(8-11)10-17-7-6-14(18)9-15(17)16(19)20-3/h4-5,8,14-15,18H,6-7,9-10H2,1-3H3/t14-,15+/m0/s1. The summed E-state index contributed by atoms with van der Waals surface area (Å²) in [6.07, 6.45) is 0.754. The molecule has 0 bridgehead atoms. The maximum Gasteiger partial charge on any atom is 0.323 e. The van der Waals surface area contributed by atoms with E-state index < -0.39 is 6.10 Å². The van der Waals surface area contributed by atoms with Crippen LogP contribution < -0.4 is 0 Å². The summed E-state index contributed by atoms with van der Waals surface area (Å²) in [6.45, 7) is 5.59. The third kappa shape index (κ3) is 3.38. The van der Waals surface area contributed by atoms with E-state index in [1.54, 1.807) is 0 Å². The normalized spacial score (nSPS) is 23.6. The second kappa shape index (κ2) is 6.37. The minimum Gasteiger partial charge on any atom is -0.468 e. The molecule has 2 rings (SSSR count). The zero-order chi connectivity index (χ0) is 14.7. The number of piperidine rings is 1. The average Bonchev–Trinajstić information content (AvgIpc) is 2.43. The van der Waals surface area contributed by atoms with Gasteiger partial charge in [0.25, 0.3) is 0 Å². The zero-order valence-electron chi connectivity index (χ0n) is 12.4. The topological polar surface area (TPSA) is 49.8 Å². The molecular weight excluding hydrogens is 254 g/mol. The Balaban J connectivity index is 2.17. The van der Waals surface area contributed by atoms with Crippen molar-refractivity contribution < 1.29 is 14.6 Å². The Hall–Kier alpha value is -1.39. The molecule has 0 saturated carbocycles. The monoisotopic (exact) mass is 277 g/mol. The first-order valence-electron chi connectivity index (χ1n) is 7.07. The number of carbonyl (C=O) groups excluding carboxylic acids is 1. The van der Waals surface area contributed by atoms with Crippen molar-refractivity contribution in [3.63, 3.8) is 0 Å². The predicted octanol–water partition coefficient (Wildman–Crippen LogP) is 1.80. The van der Waals surface area contributed by atoms with Crippen molar-refractivity contribution in [3.8, 4) is 0 Å². The maximum atomic E-state index is 11.9. The molecule has 4 nitrogen and oxygen atoms in total. The van der Waals surface area contributed by atoms with Crippen LogP contribution in [0.15, 0.2) is 18.2 Å². The molecule has 1 fully saturated rings. The number of methoxy groups -OCH3 is 1. The SMILES string of the molecule is COC(=O)[C@H]1C[C@@H](O)CCN1Cc1cc(C)ccc1C. The van der Waals surface area contributed by atoms with Crippen LogP contribution in [0.4, 0.5) is 0 Å². The summed E-state index contributed by atoms with van der Waals surface area (Å²) >= 11 is 0. The third-order valence-electron chi connectivity index (χ3n) is 4.04. The fourth-order valence-corrected chi connectivity index (χ4v) is 2.76. The van der Waals surface area contributed by atoms with Gasteiger partial charge in [0.05, 0.1) is 13.2 Å². The second-order valence-corrected chi connectivity index (χ2v) is 5.62. The van der Waals surface area contributed by atoms with Crippen LogP contribution in [0.5, 0.6) is 0 Å². The largest absolute Gasteiger partial charge is 0.468 e.